The smallest absolute Gasteiger partial charge is 0.337 e. The molecule has 5 nitrogen and oxygen atoms in total. The summed E-state index contributed by atoms with van der Waals surface area (Å²) in [5.41, 5.74) is 2.34. The lowest BCUT2D eigenvalue weighted by Crippen LogP contribution is -2.48. The molecule has 0 spiro atoms. The number of methoxy groups -OCH3 is 2. The third-order valence-corrected chi connectivity index (χ3v) is 4.70. The van der Waals surface area contributed by atoms with Gasteiger partial charge < -0.3 is 14.8 Å². The highest BCUT2D eigenvalue weighted by atomic mass is 32.1. The Balaban J connectivity index is 2.11. The van der Waals surface area contributed by atoms with E-state index in [9.17, 15) is 9.18 Å². The molecule has 1 atom stereocenters. The van der Waals surface area contributed by atoms with Crippen LogP contribution < -0.4 is 15.0 Å². The van der Waals surface area contributed by atoms with Crippen molar-refractivity contribution in [3.63, 3.8) is 0 Å². The van der Waals surface area contributed by atoms with E-state index in [0.29, 0.717) is 27.7 Å². The van der Waals surface area contributed by atoms with Gasteiger partial charge in [0.15, 0.2) is 5.11 Å². The molecule has 1 N–H and O–H groups in total. The van der Waals surface area contributed by atoms with Crippen LogP contribution in [0.15, 0.2) is 59.8 Å². The Morgan fingerprint density at radius 1 is 1.19 bits per heavy atom. The van der Waals surface area contributed by atoms with Crippen LogP contribution >= 0.6 is 12.2 Å². The molecule has 2 aromatic carbocycles. The van der Waals surface area contributed by atoms with Crippen molar-refractivity contribution in [2.45, 2.75) is 13.0 Å². The van der Waals surface area contributed by atoms with Gasteiger partial charge in [-0.15, -0.1) is 0 Å². The Morgan fingerprint density at radius 2 is 1.89 bits per heavy atom. The average molecular weight is 386 g/mol. The first-order valence-corrected chi connectivity index (χ1v) is 8.66. The molecule has 0 saturated carbocycles. The Kier molecular flexibility index (Phi) is 5.41. The molecule has 0 aromatic heterocycles. The van der Waals surface area contributed by atoms with Crippen LogP contribution in [0.25, 0.3) is 0 Å². The second kappa shape index (κ2) is 7.75. The minimum absolute atomic E-state index is 0.368. The van der Waals surface area contributed by atoms with Gasteiger partial charge in [-0.2, -0.15) is 0 Å². The highest BCUT2D eigenvalue weighted by Gasteiger charge is 2.35. The van der Waals surface area contributed by atoms with Crippen molar-refractivity contribution in [3.05, 3.63) is 71.2 Å². The van der Waals surface area contributed by atoms with Crippen molar-refractivity contribution in [2.75, 3.05) is 19.1 Å². The van der Waals surface area contributed by atoms with E-state index in [0.717, 1.165) is 5.69 Å². The molecule has 0 radical (unpaired) electrons. The number of allylic oxidation sites excluding steroid dienone is 1. The number of hydrogen-bond donors (Lipinski definition) is 1. The van der Waals surface area contributed by atoms with Gasteiger partial charge in [0.25, 0.3) is 0 Å². The number of carbonyl (C=O) groups excluding carboxylic acids is 1. The number of nitrogens with zero attached hydrogens (tertiary/aromatic N) is 1. The van der Waals surface area contributed by atoms with Crippen LogP contribution in [-0.4, -0.2) is 25.3 Å². The molecule has 0 bridgehead atoms. The summed E-state index contributed by atoms with van der Waals surface area (Å²) in [7, 11) is 2.90. The van der Waals surface area contributed by atoms with Crippen molar-refractivity contribution in [2.24, 2.45) is 0 Å². The fraction of sp³-hybridized carbons (Fsp3) is 0.200. The summed E-state index contributed by atoms with van der Waals surface area (Å²) in [5, 5.41) is 3.54. The fourth-order valence-electron chi connectivity index (χ4n) is 3.10. The van der Waals surface area contributed by atoms with E-state index >= 15 is 0 Å². The minimum atomic E-state index is -0.602. The first kappa shape index (κ1) is 18.8. The fourth-order valence-corrected chi connectivity index (χ4v) is 3.46. The largest absolute Gasteiger partial charge is 0.497 e. The minimum Gasteiger partial charge on any atom is -0.497 e. The number of thiocarbonyl (C=S) groups is 1. The van der Waals surface area contributed by atoms with Gasteiger partial charge in [-0.05, 0) is 61.1 Å². The van der Waals surface area contributed by atoms with Gasteiger partial charge in [0.1, 0.15) is 11.6 Å². The SMILES string of the molecule is COC(=O)C1=C(C)N(c2ccc(OC)cc2)C(=S)N[C@H]1c1cccc(F)c1. The Bertz CT molecular complexity index is 912. The number of rotatable bonds is 4. The zero-order valence-electron chi connectivity index (χ0n) is 15.2. The van der Waals surface area contributed by atoms with Gasteiger partial charge >= 0.3 is 5.97 Å². The van der Waals surface area contributed by atoms with Gasteiger partial charge in [-0.25, -0.2) is 9.18 Å². The Labute approximate surface area is 162 Å². The second-order valence-corrected chi connectivity index (χ2v) is 6.35. The topological polar surface area (TPSA) is 50.8 Å². The number of benzene rings is 2. The summed E-state index contributed by atoms with van der Waals surface area (Å²) in [6.07, 6.45) is 0. The number of anilines is 1. The lowest BCUT2D eigenvalue weighted by atomic mass is 9.94. The maximum atomic E-state index is 13.7. The van der Waals surface area contributed by atoms with Crippen molar-refractivity contribution in [1.29, 1.82) is 0 Å². The molecule has 0 fully saturated rings. The van der Waals surface area contributed by atoms with Crippen LogP contribution in [0.3, 0.4) is 0 Å². The Hall–Kier alpha value is -2.93. The number of ether oxygens (including phenoxy) is 2. The summed E-state index contributed by atoms with van der Waals surface area (Å²) >= 11 is 5.54. The van der Waals surface area contributed by atoms with E-state index in [1.807, 2.05) is 24.3 Å². The number of carbonyl (C=O) groups is 1. The predicted molar refractivity (Wildman–Crippen MR) is 105 cm³/mol. The highest BCUT2D eigenvalue weighted by Crippen LogP contribution is 2.34. The van der Waals surface area contributed by atoms with Gasteiger partial charge in [0.2, 0.25) is 0 Å². The summed E-state index contributed by atoms with van der Waals surface area (Å²) in [4.78, 5) is 14.3. The van der Waals surface area contributed by atoms with Gasteiger partial charge in [0, 0.05) is 11.4 Å². The number of esters is 1. The van der Waals surface area contributed by atoms with E-state index in [4.69, 9.17) is 21.7 Å². The van der Waals surface area contributed by atoms with Crippen molar-refractivity contribution < 1.29 is 18.7 Å². The monoisotopic (exact) mass is 386 g/mol. The lowest BCUT2D eigenvalue weighted by molar-refractivity contribution is -0.136. The maximum absolute atomic E-state index is 13.7. The van der Waals surface area contributed by atoms with Gasteiger partial charge in [-0.3, -0.25) is 4.90 Å². The molecule has 1 aliphatic rings. The molecule has 0 aliphatic carbocycles. The highest BCUT2D eigenvalue weighted by molar-refractivity contribution is 7.80. The van der Waals surface area contributed by atoms with Gasteiger partial charge in [0.05, 0.1) is 25.8 Å². The van der Waals surface area contributed by atoms with E-state index in [1.165, 1.54) is 19.2 Å². The van der Waals surface area contributed by atoms with E-state index in [-0.39, 0.29) is 5.82 Å². The first-order valence-electron chi connectivity index (χ1n) is 8.25. The van der Waals surface area contributed by atoms with E-state index < -0.39 is 12.0 Å². The summed E-state index contributed by atoms with van der Waals surface area (Å²) in [5.74, 6) is -0.183. The number of nitrogens with one attached hydrogen (secondary N) is 1. The Morgan fingerprint density at radius 3 is 2.48 bits per heavy atom. The number of halogens is 1. The predicted octanol–water partition coefficient (Wildman–Crippen LogP) is 3.72. The summed E-state index contributed by atoms with van der Waals surface area (Å²) in [6.45, 7) is 1.79. The lowest BCUT2D eigenvalue weighted by Gasteiger charge is -2.37. The van der Waals surface area contributed by atoms with Crippen LogP contribution in [-0.2, 0) is 9.53 Å². The second-order valence-electron chi connectivity index (χ2n) is 5.96. The van der Waals surface area contributed by atoms with Crippen LogP contribution in [0.5, 0.6) is 5.75 Å². The molecule has 7 heteroatoms. The van der Waals surface area contributed by atoms with E-state index in [2.05, 4.69) is 5.32 Å². The molecule has 1 heterocycles. The molecule has 0 saturated heterocycles. The molecule has 27 heavy (non-hydrogen) atoms. The first-order chi connectivity index (χ1) is 13.0. The van der Waals surface area contributed by atoms with Crippen LogP contribution in [0.2, 0.25) is 0 Å². The van der Waals surface area contributed by atoms with Gasteiger partial charge in [-0.1, -0.05) is 12.1 Å². The molecule has 0 unspecified atom stereocenters. The molecular formula is C20H19FN2O3S. The molecule has 1 aliphatic heterocycles. The molecule has 0 amide bonds. The van der Waals surface area contributed by atoms with Crippen molar-refractivity contribution >= 4 is 29.0 Å². The molecule has 3 rings (SSSR count). The maximum Gasteiger partial charge on any atom is 0.337 e. The van der Waals surface area contributed by atoms with Crippen molar-refractivity contribution in [1.82, 2.24) is 5.32 Å². The summed E-state index contributed by atoms with van der Waals surface area (Å²) in [6, 6.07) is 12.8. The van der Waals surface area contributed by atoms with Crippen molar-refractivity contribution in [3.8, 4) is 5.75 Å². The molecular weight excluding hydrogens is 367 g/mol. The molecule has 140 valence electrons. The number of hydrogen-bond acceptors (Lipinski definition) is 4. The third kappa shape index (κ3) is 3.64. The zero-order chi connectivity index (χ0) is 19.6. The standard InChI is InChI=1S/C20H19FN2O3S/c1-12-17(19(24)26-3)18(13-5-4-6-14(21)11-13)22-20(27)23(12)15-7-9-16(25-2)10-8-15/h4-11,18H,1-3H3,(H,22,27)/t18-/m0/s1. The van der Waals surface area contributed by atoms with E-state index in [1.54, 1.807) is 31.1 Å². The zero-order valence-corrected chi connectivity index (χ0v) is 16.0. The van der Waals surface area contributed by atoms with Crippen LogP contribution in [0.4, 0.5) is 10.1 Å². The quantitative estimate of drug-likeness (QED) is 0.639. The molecule has 2 aromatic rings. The average Bonchev–Trinajstić information content (AvgIpc) is 2.67. The van der Waals surface area contributed by atoms with Crippen LogP contribution in [0, 0.1) is 5.82 Å². The third-order valence-electron chi connectivity index (χ3n) is 4.40. The van der Waals surface area contributed by atoms with Crippen LogP contribution in [0.1, 0.15) is 18.5 Å². The normalized spacial score (nSPS) is 16.8. The summed E-state index contributed by atoms with van der Waals surface area (Å²) < 4.78 is 23.9.